The molecule has 2 aromatic carbocycles. The number of hydrogen-bond acceptors (Lipinski definition) is 3. The van der Waals surface area contributed by atoms with Gasteiger partial charge in [-0.2, -0.15) is 0 Å². The van der Waals surface area contributed by atoms with Crippen LogP contribution in [0.5, 0.6) is 5.75 Å². The zero-order valence-corrected chi connectivity index (χ0v) is 17.3. The van der Waals surface area contributed by atoms with Crippen LogP contribution in [0.25, 0.3) is 0 Å². The molecule has 0 saturated carbocycles. The summed E-state index contributed by atoms with van der Waals surface area (Å²) in [6.07, 6.45) is 0. The molecule has 0 N–H and O–H groups in total. The smallest absolute Gasteiger partial charge is 0.260 e. The number of hydrogen-bond donors (Lipinski definition) is 0. The highest BCUT2D eigenvalue weighted by Crippen LogP contribution is 2.32. The summed E-state index contributed by atoms with van der Waals surface area (Å²) in [7, 11) is 0. The number of nitrogens with zero attached hydrogens (tertiary/aromatic N) is 2. The lowest BCUT2D eigenvalue weighted by molar-refractivity contribution is -0.135. The summed E-state index contributed by atoms with van der Waals surface area (Å²) in [6, 6.07) is 11.3. The van der Waals surface area contributed by atoms with Gasteiger partial charge in [-0.1, -0.05) is 46.9 Å². The predicted molar refractivity (Wildman–Crippen MR) is 110 cm³/mol. The van der Waals surface area contributed by atoms with Gasteiger partial charge in [-0.15, -0.1) is 0 Å². The molecule has 0 radical (unpaired) electrons. The Balaban J connectivity index is 1.47. The quantitative estimate of drug-likeness (QED) is 0.694. The fourth-order valence-electron chi connectivity index (χ4n) is 2.98. The molecule has 0 unspecified atom stereocenters. The van der Waals surface area contributed by atoms with Crippen molar-refractivity contribution in [2.45, 2.75) is 13.5 Å². The summed E-state index contributed by atoms with van der Waals surface area (Å²) in [4.78, 5) is 16.6. The van der Waals surface area contributed by atoms with E-state index < -0.39 is 0 Å². The number of piperazine rings is 1. The van der Waals surface area contributed by atoms with Crippen LogP contribution >= 0.6 is 34.8 Å². The van der Waals surface area contributed by atoms with Crippen LogP contribution in [0.2, 0.25) is 15.1 Å². The number of halogens is 3. The number of benzene rings is 2. The molecular weight excluding hydrogens is 407 g/mol. The Morgan fingerprint density at radius 1 is 1.00 bits per heavy atom. The molecule has 1 aliphatic rings. The predicted octanol–water partition coefficient (Wildman–Crippen LogP) is 4.68. The van der Waals surface area contributed by atoms with E-state index in [-0.39, 0.29) is 12.5 Å². The molecule has 7 heteroatoms. The van der Waals surface area contributed by atoms with Crippen molar-refractivity contribution in [3.63, 3.8) is 0 Å². The molecule has 1 heterocycles. The third-order valence-corrected chi connectivity index (χ3v) is 5.81. The average molecular weight is 428 g/mol. The van der Waals surface area contributed by atoms with E-state index in [2.05, 4.69) is 4.90 Å². The second-order valence-corrected chi connectivity index (χ2v) is 7.78. The fraction of sp³-hybridized carbons (Fsp3) is 0.350. The monoisotopic (exact) mass is 426 g/mol. The highest BCUT2D eigenvalue weighted by atomic mass is 35.5. The van der Waals surface area contributed by atoms with E-state index in [4.69, 9.17) is 39.5 Å². The maximum atomic E-state index is 12.4. The Morgan fingerprint density at radius 2 is 1.67 bits per heavy atom. The Bertz CT molecular complexity index is 804. The van der Waals surface area contributed by atoms with Gasteiger partial charge < -0.3 is 9.64 Å². The Labute approximate surface area is 174 Å². The molecule has 1 saturated heterocycles. The van der Waals surface area contributed by atoms with E-state index in [1.54, 1.807) is 12.1 Å². The second kappa shape index (κ2) is 9.16. The molecule has 144 valence electrons. The minimum Gasteiger partial charge on any atom is -0.482 e. The first-order valence-electron chi connectivity index (χ1n) is 8.76. The number of carbonyl (C=O) groups is 1. The molecular formula is C20H21Cl3N2O2. The van der Waals surface area contributed by atoms with E-state index in [0.717, 1.165) is 30.2 Å². The number of amides is 1. The lowest BCUT2D eigenvalue weighted by atomic mass is 10.2. The van der Waals surface area contributed by atoms with Crippen LogP contribution in [0.3, 0.4) is 0 Å². The van der Waals surface area contributed by atoms with E-state index in [1.807, 2.05) is 36.1 Å². The summed E-state index contributed by atoms with van der Waals surface area (Å²) in [6.45, 7) is 5.67. The second-order valence-electron chi connectivity index (χ2n) is 6.56. The summed E-state index contributed by atoms with van der Waals surface area (Å²) in [5.74, 6) is 0.443. The molecule has 0 bridgehead atoms. The zero-order valence-electron chi connectivity index (χ0n) is 15.1. The van der Waals surface area contributed by atoms with Crippen molar-refractivity contribution >= 4 is 40.7 Å². The summed E-state index contributed by atoms with van der Waals surface area (Å²) in [5, 5.41) is 1.77. The Kier molecular flexibility index (Phi) is 6.88. The molecule has 3 rings (SSSR count). The highest BCUT2D eigenvalue weighted by molar-refractivity contribution is 6.36. The summed E-state index contributed by atoms with van der Waals surface area (Å²) in [5.41, 5.74) is 1.97. The molecule has 0 aliphatic carbocycles. The van der Waals surface area contributed by atoms with Gasteiger partial charge in [0.2, 0.25) is 0 Å². The van der Waals surface area contributed by atoms with Crippen molar-refractivity contribution in [3.05, 3.63) is 62.6 Å². The number of carbonyl (C=O) groups excluding carboxylic acids is 1. The van der Waals surface area contributed by atoms with Gasteiger partial charge in [-0.25, -0.2) is 0 Å². The van der Waals surface area contributed by atoms with Crippen LogP contribution < -0.4 is 4.74 Å². The van der Waals surface area contributed by atoms with Crippen LogP contribution in [-0.4, -0.2) is 48.5 Å². The normalized spacial score (nSPS) is 15.0. The summed E-state index contributed by atoms with van der Waals surface area (Å²) < 4.78 is 5.61. The van der Waals surface area contributed by atoms with Crippen molar-refractivity contribution in [1.29, 1.82) is 0 Å². The largest absolute Gasteiger partial charge is 0.482 e. The van der Waals surface area contributed by atoms with Gasteiger partial charge in [0.25, 0.3) is 5.91 Å². The van der Waals surface area contributed by atoms with Gasteiger partial charge >= 0.3 is 0 Å². The van der Waals surface area contributed by atoms with E-state index in [9.17, 15) is 4.79 Å². The van der Waals surface area contributed by atoms with Crippen LogP contribution in [0.15, 0.2) is 36.4 Å². The SMILES string of the molecule is Cc1c(Cl)ccc(OCC(=O)N2CCN(Cc3ccc(Cl)cc3)CC2)c1Cl. The molecule has 2 aromatic rings. The van der Waals surface area contributed by atoms with E-state index in [1.165, 1.54) is 5.56 Å². The molecule has 1 aliphatic heterocycles. The van der Waals surface area contributed by atoms with Crippen molar-refractivity contribution in [3.8, 4) is 5.75 Å². The highest BCUT2D eigenvalue weighted by Gasteiger charge is 2.22. The first kappa shape index (κ1) is 20.3. The zero-order chi connectivity index (χ0) is 19.4. The topological polar surface area (TPSA) is 32.8 Å². The maximum Gasteiger partial charge on any atom is 0.260 e. The third-order valence-electron chi connectivity index (χ3n) is 4.68. The van der Waals surface area contributed by atoms with Gasteiger partial charge in [-0.05, 0) is 42.3 Å². The fourth-order valence-corrected chi connectivity index (χ4v) is 3.53. The minimum absolute atomic E-state index is 0.0298. The van der Waals surface area contributed by atoms with Gasteiger partial charge in [0, 0.05) is 42.8 Å². The lowest BCUT2D eigenvalue weighted by Crippen LogP contribution is -2.49. The summed E-state index contributed by atoms with van der Waals surface area (Å²) >= 11 is 18.2. The van der Waals surface area contributed by atoms with Gasteiger partial charge in [0.05, 0.1) is 5.02 Å². The number of ether oxygens (including phenoxy) is 1. The molecule has 0 spiro atoms. The minimum atomic E-state index is -0.0372. The van der Waals surface area contributed by atoms with E-state index in [0.29, 0.717) is 28.9 Å². The maximum absolute atomic E-state index is 12.4. The van der Waals surface area contributed by atoms with Gasteiger partial charge in [-0.3, -0.25) is 9.69 Å². The third kappa shape index (κ3) is 5.29. The van der Waals surface area contributed by atoms with Crippen LogP contribution in [0.4, 0.5) is 0 Å². The van der Waals surface area contributed by atoms with Gasteiger partial charge in [0.15, 0.2) is 6.61 Å². The van der Waals surface area contributed by atoms with Crippen molar-refractivity contribution < 1.29 is 9.53 Å². The van der Waals surface area contributed by atoms with Crippen LogP contribution in [0.1, 0.15) is 11.1 Å². The molecule has 0 aromatic heterocycles. The molecule has 1 amide bonds. The van der Waals surface area contributed by atoms with Crippen LogP contribution in [-0.2, 0) is 11.3 Å². The molecule has 4 nitrogen and oxygen atoms in total. The first-order chi connectivity index (χ1) is 12.9. The van der Waals surface area contributed by atoms with Gasteiger partial charge in [0.1, 0.15) is 5.75 Å². The Morgan fingerprint density at radius 3 is 2.33 bits per heavy atom. The van der Waals surface area contributed by atoms with Crippen molar-refractivity contribution in [1.82, 2.24) is 9.80 Å². The van der Waals surface area contributed by atoms with E-state index >= 15 is 0 Å². The molecule has 0 atom stereocenters. The van der Waals surface area contributed by atoms with Crippen molar-refractivity contribution in [2.24, 2.45) is 0 Å². The first-order valence-corrected chi connectivity index (χ1v) is 9.89. The molecule has 1 fully saturated rings. The van der Waals surface area contributed by atoms with Crippen molar-refractivity contribution in [2.75, 3.05) is 32.8 Å². The molecule has 27 heavy (non-hydrogen) atoms. The standard InChI is InChI=1S/C20H21Cl3N2O2/c1-14-17(22)6-7-18(20(14)23)27-13-19(26)25-10-8-24(9-11-25)12-15-2-4-16(21)5-3-15/h2-7H,8-13H2,1H3. The average Bonchev–Trinajstić information content (AvgIpc) is 2.68. The van der Waals surface area contributed by atoms with Crippen LogP contribution in [0, 0.1) is 6.92 Å². The lowest BCUT2D eigenvalue weighted by Gasteiger charge is -2.34. The number of rotatable bonds is 5. The Hall–Kier alpha value is -1.46.